The van der Waals surface area contributed by atoms with Crippen molar-refractivity contribution in [3.8, 4) is 6.07 Å². The van der Waals surface area contributed by atoms with Crippen LogP contribution < -0.4 is 4.90 Å². The first kappa shape index (κ1) is 16.3. The highest BCUT2D eigenvalue weighted by atomic mass is 16.2. The molecule has 1 fully saturated rings. The number of hydrogen-bond donors (Lipinski definition) is 0. The zero-order valence-electron chi connectivity index (χ0n) is 14.5. The van der Waals surface area contributed by atoms with Gasteiger partial charge in [0.1, 0.15) is 6.07 Å². The van der Waals surface area contributed by atoms with Gasteiger partial charge in [0, 0.05) is 44.7 Å². The molecule has 0 atom stereocenters. The topological polar surface area (TPSA) is 60.2 Å². The Balaban J connectivity index is 1.97. The van der Waals surface area contributed by atoms with Crippen molar-refractivity contribution in [1.82, 2.24) is 9.88 Å². The zero-order chi connectivity index (χ0) is 17.3. The highest BCUT2D eigenvalue weighted by molar-refractivity contribution is 5.96. The average Bonchev–Trinajstić information content (AvgIpc) is 2.96. The van der Waals surface area contributed by atoms with Gasteiger partial charge in [0.25, 0.3) is 0 Å². The lowest BCUT2D eigenvalue weighted by Crippen LogP contribution is -2.34. The lowest BCUT2D eigenvalue weighted by molar-refractivity contribution is -0.127. The minimum Gasteiger partial charge on any atom is -0.371 e. The summed E-state index contributed by atoms with van der Waals surface area (Å²) in [6, 6.07) is 6.45. The van der Waals surface area contributed by atoms with E-state index in [1.165, 1.54) is 0 Å². The first-order chi connectivity index (χ1) is 11.5. The number of carbonyl (C=O) groups is 1. The monoisotopic (exact) mass is 322 g/mol. The summed E-state index contributed by atoms with van der Waals surface area (Å²) in [4.78, 5) is 20.2. The maximum absolute atomic E-state index is 11.8. The smallest absolute Gasteiger partial charge is 0.222 e. The highest BCUT2D eigenvalue weighted by Crippen LogP contribution is 2.31. The predicted octanol–water partition coefficient (Wildman–Crippen LogP) is 2.78. The third kappa shape index (κ3) is 2.92. The summed E-state index contributed by atoms with van der Waals surface area (Å²) in [6.45, 7) is 6.33. The number of aryl methyl sites for hydroxylation is 2. The summed E-state index contributed by atoms with van der Waals surface area (Å²) < 4.78 is 0. The zero-order valence-corrected chi connectivity index (χ0v) is 14.5. The number of likely N-dealkylation sites (tertiary alicyclic amines) is 1. The molecule has 1 aromatic heterocycles. The number of nitrogens with zero attached hydrogens (tertiary/aromatic N) is 4. The SMILES string of the molecule is Cc1cc(C)c2ncc(C#N)c(N(C)CCN3CCCC3=O)c2c1. The third-order valence-electron chi connectivity index (χ3n) is 4.66. The molecule has 5 nitrogen and oxygen atoms in total. The third-order valence-corrected chi connectivity index (χ3v) is 4.66. The van der Waals surface area contributed by atoms with Crippen molar-refractivity contribution < 1.29 is 4.79 Å². The van der Waals surface area contributed by atoms with Gasteiger partial charge in [-0.1, -0.05) is 11.6 Å². The minimum absolute atomic E-state index is 0.232. The van der Waals surface area contributed by atoms with Gasteiger partial charge in [-0.15, -0.1) is 0 Å². The fourth-order valence-corrected chi connectivity index (χ4v) is 3.46. The number of aromatic nitrogens is 1. The maximum atomic E-state index is 11.8. The van der Waals surface area contributed by atoms with E-state index in [4.69, 9.17) is 0 Å². The Morgan fingerprint density at radius 3 is 2.83 bits per heavy atom. The van der Waals surface area contributed by atoms with Crippen molar-refractivity contribution in [2.45, 2.75) is 26.7 Å². The summed E-state index contributed by atoms with van der Waals surface area (Å²) in [5, 5.41) is 10.5. The molecule has 0 N–H and O–H groups in total. The lowest BCUT2D eigenvalue weighted by Gasteiger charge is -2.25. The number of carbonyl (C=O) groups excluding carboxylic acids is 1. The Morgan fingerprint density at radius 1 is 1.38 bits per heavy atom. The number of anilines is 1. The van der Waals surface area contributed by atoms with Crippen molar-refractivity contribution in [3.05, 3.63) is 35.0 Å². The van der Waals surface area contributed by atoms with Gasteiger partial charge < -0.3 is 9.80 Å². The molecule has 2 heterocycles. The van der Waals surface area contributed by atoms with Gasteiger partial charge in [0.05, 0.1) is 16.8 Å². The number of benzene rings is 1. The number of amides is 1. The molecule has 1 aromatic carbocycles. The molecule has 2 aromatic rings. The fourth-order valence-electron chi connectivity index (χ4n) is 3.46. The van der Waals surface area contributed by atoms with Crippen LogP contribution in [0.2, 0.25) is 0 Å². The first-order valence-corrected chi connectivity index (χ1v) is 8.30. The summed E-state index contributed by atoms with van der Waals surface area (Å²) in [7, 11) is 1.98. The van der Waals surface area contributed by atoms with Crippen molar-refractivity contribution in [1.29, 1.82) is 5.26 Å². The van der Waals surface area contributed by atoms with E-state index in [1.54, 1.807) is 6.20 Å². The van der Waals surface area contributed by atoms with Crippen molar-refractivity contribution in [2.24, 2.45) is 0 Å². The second kappa shape index (κ2) is 6.48. The molecule has 5 heteroatoms. The van der Waals surface area contributed by atoms with Crippen LogP contribution >= 0.6 is 0 Å². The fraction of sp³-hybridized carbons (Fsp3) is 0.421. The van der Waals surface area contributed by atoms with E-state index in [0.717, 1.165) is 40.7 Å². The molecule has 0 unspecified atom stereocenters. The first-order valence-electron chi connectivity index (χ1n) is 8.30. The van der Waals surface area contributed by atoms with Crippen LogP contribution in [0.25, 0.3) is 10.9 Å². The van der Waals surface area contributed by atoms with E-state index in [-0.39, 0.29) is 5.91 Å². The molecule has 124 valence electrons. The van der Waals surface area contributed by atoms with Crippen molar-refractivity contribution >= 4 is 22.5 Å². The molecule has 1 saturated heterocycles. The molecule has 0 spiro atoms. The number of fused-ring (bicyclic) bond motifs is 1. The molecule has 0 bridgehead atoms. The van der Waals surface area contributed by atoms with E-state index in [2.05, 4.69) is 35.0 Å². The highest BCUT2D eigenvalue weighted by Gasteiger charge is 2.21. The van der Waals surface area contributed by atoms with Crippen LogP contribution in [0.3, 0.4) is 0 Å². The van der Waals surface area contributed by atoms with Gasteiger partial charge in [-0.05, 0) is 31.9 Å². The molecule has 1 amide bonds. The molecule has 1 aliphatic rings. The van der Waals surface area contributed by atoms with Gasteiger partial charge in [-0.2, -0.15) is 5.26 Å². The standard InChI is InChI=1S/C19H22N4O/c1-13-9-14(2)18-16(10-13)19(15(11-20)12-21-18)22(3)7-8-23-6-4-5-17(23)24/h9-10,12H,4-8H2,1-3H3. The molecule has 0 radical (unpaired) electrons. The van der Waals surface area contributed by atoms with Crippen LogP contribution in [0.1, 0.15) is 29.5 Å². The second-order valence-electron chi connectivity index (χ2n) is 6.52. The molecule has 1 aliphatic heterocycles. The Morgan fingerprint density at radius 2 is 2.17 bits per heavy atom. The Bertz CT molecular complexity index is 837. The van der Waals surface area contributed by atoms with Crippen LogP contribution in [0, 0.1) is 25.2 Å². The van der Waals surface area contributed by atoms with E-state index in [1.807, 2.05) is 18.9 Å². The van der Waals surface area contributed by atoms with Gasteiger partial charge in [-0.25, -0.2) is 0 Å². The quantitative estimate of drug-likeness (QED) is 0.868. The van der Waals surface area contributed by atoms with Crippen molar-refractivity contribution in [2.75, 3.05) is 31.6 Å². The molecule has 0 saturated carbocycles. The largest absolute Gasteiger partial charge is 0.371 e. The van der Waals surface area contributed by atoms with Gasteiger partial charge in [0.15, 0.2) is 0 Å². The maximum Gasteiger partial charge on any atom is 0.222 e. The van der Waals surface area contributed by atoms with E-state index in [9.17, 15) is 10.1 Å². The van der Waals surface area contributed by atoms with Crippen LogP contribution in [-0.2, 0) is 4.79 Å². The summed E-state index contributed by atoms with van der Waals surface area (Å²) in [5.74, 6) is 0.232. The second-order valence-corrected chi connectivity index (χ2v) is 6.52. The van der Waals surface area contributed by atoms with E-state index in [0.29, 0.717) is 25.1 Å². The normalized spacial score (nSPS) is 14.2. The lowest BCUT2D eigenvalue weighted by atomic mass is 10.0. The molecular weight excluding hydrogens is 300 g/mol. The average molecular weight is 322 g/mol. The minimum atomic E-state index is 0.232. The Hall–Kier alpha value is -2.61. The Kier molecular flexibility index (Phi) is 4.39. The molecule has 3 rings (SSSR count). The molecule has 0 aliphatic carbocycles. The van der Waals surface area contributed by atoms with Crippen LogP contribution in [0.4, 0.5) is 5.69 Å². The number of pyridine rings is 1. The number of rotatable bonds is 4. The summed E-state index contributed by atoms with van der Waals surface area (Å²) in [6.07, 6.45) is 3.25. The molecular formula is C19H22N4O. The van der Waals surface area contributed by atoms with E-state index >= 15 is 0 Å². The summed E-state index contributed by atoms with van der Waals surface area (Å²) >= 11 is 0. The van der Waals surface area contributed by atoms with Gasteiger partial charge in [-0.3, -0.25) is 9.78 Å². The van der Waals surface area contributed by atoms with Crippen molar-refractivity contribution in [3.63, 3.8) is 0 Å². The van der Waals surface area contributed by atoms with E-state index < -0.39 is 0 Å². The molecule has 24 heavy (non-hydrogen) atoms. The van der Waals surface area contributed by atoms with Gasteiger partial charge >= 0.3 is 0 Å². The summed E-state index contributed by atoms with van der Waals surface area (Å²) in [5.41, 5.74) is 4.67. The van der Waals surface area contributed by atoms with Crippen LogP contribution in [0.15, 0.2) is 18.3 Å². The van der Waals surface area contributed by atoms with Crippen LogP contribution in [0.5, 0.6) is 0 Å². The Labute approximate surface area is 142 Å². The number of likely N-dealkylation sites (N-methyl/N-ethyl adjacent to an activating group) is 1. The van der Waals surface area contributed by atoms with Crippen LogP contribution in [-0.4, -0.2) is 42.5 Å². The van der Waals surface area contributed by atoms with Gasteiger partial charge in [0.2, 0.25) is 5.91 Å². The number of hydrogen-bond acceptors (Lipinski definition) is 4. The number of nitriles is 1. The predicted molar refractivity (Wildman–Crippen MR) is 95.0 cm³/mol.